The lowest BCUT2D eigenvalue weighted by atomic mass is 9.70. The highest BCUT2D eigenvalue weighted by molar-refractivity contribution is 5.99. The van der Waals surface area contributed by atoms with Gasteiger partial charge in [-0.05, 0) is 87.5 Å². The lowest BCUT2D eigenvalue weighted by Gasteiger charge is -2.44. The van der Waals surface area contributed by atoms with Crippen molar-refractivity contribution in [1.29, 1.82) is 0 Å². The Morgan fingerprint density at radius 1 is 0.831 bits per heavy atom. The number of cyclic esters (lactones) is 1. The van der Waals surface area contributed by atoms with E-state index in [2.05, 4.69) is 37.1 Å². The zero-order valence-electron chi connectivity index (χ0n) is 41.4. The number of quaternary nitrogens is 1. The number of carbonyl (C=O) groups excluding carboxylic acids is 3. The molecule has 0 N–H and O–H groups in total. The van der Waals surface area contributed by atoms with Gasteiger partial charge in [0.2, 0.25) is 0 Å². The summed E-state index contributed by atoms with van der Waals surface area (Å²) in [7, 11) is 7.33. The predicted molar refractivity (Wildman–Crippen MR) is 247 cm³/mol. The summed E-state index contributed by atoms with van der Waals surface area (Å²) in [6.45, 7) is 13.5. The smallest absolute Gasteiger partial charge is 0.320 e. The van der Waals surface area contributed by atoms with Gasteiger partial charge in [0, 0.05) is 40.3 Å². The number of halogens is 1. The molecular formula is C52H87IN2O10. The molecule has 3 aliphatic carbocycles. The Balaban J connectivity index is 0.00000793. The molecule has 14 atom stereocenters. The van der Waals surface area contributed by atoms with E-state index in [-0.39, 0.29) is 115 Å². The number of Topliss-reactive ketones (excluding diaryl/α,β-unsaturated/α-hetero) is 1. The van der Waals surface area contributed by atoms with Crippen LogP contribution in [0.2, 0.25) is 0 Å². The molecule has 1 saturated carbocycles. The van der Waals surface area contributed by atoms with Crippen LogP contribution in [0, 0.1) is 35.5 Å². The summed E-state index contributed by atoms with van der Waals surface area (Å²) in [6, 6.07) is 0. The molecule has 6 rings (SSSR count). The number of ether oxygens (including phenoxy) is 7. The lowest BCUT2D eigenvalue weighted by molar-refractivity contribution is -0.913. The van der Waals surface area contributed by atoms with E-state index in [4.69, 9.17) is 33.2 Å². The van der Waals surface area contributed by atoms with Crippen molar-refractivity contribution < 1.29 is 76.0 Å². The summed E-state index contributed by atoms with van der Waals surface area (Å²) >= 11 is 0. The van der Waals surface area contributed by atoms with Crippen LogP contribution in [0.25, 0.3) is 0 Å². The van der Waals surface area contributed by atoms with Crippen LogP contribution in [0.3, 0.4) is 0 Å². The zero-order chi connectivity index (χ0) is 45.8. The van der Waals surface area contributed by atoms with E-state index in [1.807, 2.05) is 20.8 Å². The van der Waals surface area contributed by atoms with Gasteiger partial charge in [0.25, 0.3) is 0 Å². The summed E-state index contributed by atoms with van der Waals surface area (Å²) in [6.07, 6.45) is 21.8. The van der Waals surface area contributed by atoms with Gasteiger partial charge in [-0.25, -0.2) is 0 Å². The summed E-state index contributed by atoms with van der Waals surface area (Å²) in [5.41, 5.74) is 0.691. The van der Waals surface area contributed by atoms with Crippen molar-refractivity contribution in [3.8, 4) is 0 Å². The molecule has 0 amide bonds. The first-order valence-corrected chi connectivity index (χ1v) is 25.7. The fourth-order valence-corrected chi connectivity index (χ4v) is 12.2. The number of esters is 2. The average molecular weight is 1030 g/mol. The normalized spacial score (nSPS) is 36.3. The van der Waals surface area contributed by atoms with E-state index in [0.29, 0.717) is 31.3 Å². The zero-order valence-corrected chi connectivity index (χ0v) is 43.6. The average Bonchev–Trinajstić information content (AvgIpc) is 3.86. The fourth-order valence-electron chi connectivity index (χ4n) is 12.2. The van der Waals surface area contributed by atoms with Gasteiger partial charge in [-0.15, -0.1) is 0 Å². The van der Waals surface area contributed by atoms with Crippen LogP contribution < -0.4 is 24.0 Å². The molecule has 0 radical (unpaired) electrons. The van der Waals surface area contributed by atoms with Gasteiger partial charge in [0.15, 0.2) is 12.1 Å². The molecule has 0 aromatic heterocycles. The second-order valence-corrected chi connectivity index (χ2v) is 20.7. The van der Waals surface area contributed by atoms with Gasteiger partial charge in [-0.2, -0.15) is 0 Å². The summed E-state index contributed by atoms with van der Waals surface area (Å²) in [4.78, 5) is 44.4. The number of hydrogen-bond donors (Lipinski definition) is 0. The third-order valence-corrected chi connectivity index (χ3v) is 16.3. The maximum atomic E-state index is 14.8. The molecule has 6 aliphatic rings. The number of piperazine rings is 1. The van der Waals surface area contributed by atoms with Crippen LogP contribution in [-0.2, 0) is 47.5 Å². The van der Waals surface area contributed by atoms with Crippen LogP contribution in [0.1, 0.15) is 137 Å². The minimum atomic E-state index is -0.616. The minimum absolute atomic E-state index is 0. The van der Waals surface area contributed by atoms with Crippen LogP contribution in [-0.4, -0.2) is 144 Å². The summed E-state index contributed by atoms with van der Waals surface area (Å²) < 4.78 is 44.0. The van der Waals surface area contributed by atoms with Gasteiger partial charge in [-0.3, -0.25) is 19.3 Å². The molecule has 0 unspecified atom stereocenters. The van der Waals surface area contributed by atoms with Crippen molar-refractivity contribution in [1.82, 2.24) is 4.90 Å². The largest absolute Gasteiger partial charge is 1.00 e. The number of rotatable bonds is 20. The second kappa shape index (κ2) is 26.5. The van der Waals surface area contributed by atoms with Gasteiger partial charge < -0.3 is 61.6 Å². The Morgan fingerprint density at radius 3 is 2.14 bits per heavy atom. The number of ketones is 1. The van der Waals surface area contributed by atoms with Crippen molar-refractivity contribution >= 4 is 17.7 Å². The maximum Gasteiger partial charge on any atom is 0.320 e. The third-order valence-electron chi connectivity index (χ3n) is 16.3. The molecule has 0 spiro atoms. The van der Waals surface area contributed by atoms with Crippen LogP contribution in [0.5, 0.6) is 0 Å². The maximum absolute atomic E-state index is 14.8. The van der Waals surface area contributed by atoms with Gasteiger partial charge >= 0.3 is 11.9 Å². The van der Waals surface area contributed by atoms with Crippen LogP contribution in [0.4, 0.5) is 0 Å². The minimum Gasteiger partial charge on any atom is -1.00 e. The van der Waals surface area contributed by atoms with E-state index >= 15 is 0 Å². The number of carbonyl (C=O) groups is 3. The van der Waals surface area contributed by atoms with Crippen molar-refractivity contribution in [2.45, 2.75) is 186 Å². The summed E-state index contributed by atoms with van der Waals surface area (Å²) in [5.74, 6) is -0.778. The Kier molecular flexibility index (Phi) is 22.2. The highest BCUT2D eigenvalue weighted by Gasteiger charge is 2.52. The van der Waals surface area contributed by atoms with E-state index in [1.165, 1.54) is 70.8 Å². The Morgan fingerprint density at radius 2 is 1.49 bits per heavy atom. The standard InChI is InChI=1S/C52H87N2O10.HI/c1-9-11-12-13-14-15-16-17-18-19-27-54(5)28-25-53(26-29-54)34-47(56)64-45-22-20-21-38(10-2)62-46(55)33-43-40-24-23-37-30-39(31-41(37)42(40)32-44(43)48(57)35(45)3)63-52-51(60-8)50(59-7)49(58-6)36(4)61-52;/h23-24,32,35-43,45,49-52H,9-22,25-31,33-34H2,1-8H3;1H/q+1;/p-1/t35-,36+,37-,38+,39-,40-,41-,42-,43+,45+,49+,50-,51-,52+;/m1./s1. The number of unbranched alkanes of at least 4 members (excludes halogenated alkanes) is 9. The van der Waals surface area contributed by atoms with Crippen molar-refractivity contribution in [2.75, 3.05) is 67.6 Å². The van der Waals surface area contributed by atoms with Gasteiger partial charge in [-0.1, -0.05) is 90.4 Å². The van der Waals surface area contributed by atoms with Crippen molar-refractivity contribution in [2.24, 2.45) is 35.5 Å². The van der Waals surface area contributed by atoms with Gasteiger partial charge in [0.1, 0.15) is 30.5 Å². The lowest BCUT2D eigenvalue weighted by Crippen LogP contribution is -3.00. The molecule has 0 aromatic rings. The van der Waals surface area contributed by atoms with E-state index in [1.54, 1.807) is 21.3 Å². The molecule has 0 aromatic carbocycles. The molecular weight excluding hydrogens is 939 g/mol. The third kappa shape index (κ3) is 14.3. The Bertz CT molecular complexity index is 1550. The summed E-state index contributed by atoms with van der Waals surface area (Å²) in [5, 5.41) is 0. The Labute approximate surface area is 409 Å². The molecule has 0 bridgehead atoms. The molecule has 3 aliphatic heterocycles. The first-order valence-electron chi connectivity index (χ1n) is 25.7. The van der Waals surface area contributed by atoms with Crippen molar-refractivity contribution in [3.63, 3.8) is 0 Å². The molecule has 4 fully saturated rings. The number of methoxy groups -OCH3 is 3. The van der Waals surface area contributed by atoms with Crippen LogP contribution in [0.15, 0.2) is 23.8 Å². The second-order valence-electron chi connectivity index (χ2n) is 20.7. The number of fused-ring (bicyclic) bond motifs is 5. The molecule has 12 nitrogen and oxygen atoms in total. The fraction of sp³-hybridized carbons (Fsp3) is 0.865. The highest BCUT2D eigenvalue weighted by Crippen LogP contribution is 2.54. The van der Waals surface area contributed by atoms with E-state index in [9.17, 15) is 14.4 Å². The first-order chi connectivity index (χ1) is 30.9. The molecule has 65 heavy (non-hydrogen) atoms. The SMILES string of the molecule is CCCCCCCCCCCC[N+]1(C)CCN(CC(=O)O[C@H]2CCC[C@H](CC)OC(=O)C[C@@H]3C(=C[C@@H]4[C@H]3C=C[C@@H]3C[C@@H](O[C@@H]5O[C@@H](C)[C@H](OC)[C@@H](OC)[C@H]5OC)C[C@@H]43)C(=O)[C@@H]2C)CC1.[I-]. The van der Waals surface area contributed by atoms with Crippen LogP contribution >= 0.6 is 0 Å². The molecule has 13 heteroatoms. The predicted octanol–water partition coefficient (Wildman–Crippen LogP) is 5.25. The van der Waals surface area contributed by atoms with Gasteiger partial charge in [0.05, 0.1) is 57.8 Å². The number of allylic oxidation sites excluding steroid dienone is 4. The number of likely N-dealkylation sites (N-methyl/N-ethyl adjacent to an activating group) is 1. The quantitative estimate of drug-likeness (QED) is 0.0524. The van der Waals surface area contributed by atoms with E-state index in [0.717, 1.165) is 43.5 Å². The molecule has 3 saturated heterocycles. The van der Waals surface area contributed by atoms with Crippen molar-refractivity contribution in [3.05, 3.63) is 23.8 Å². The Hall–Kier alpha value is -1.46. The first kappa shape index (κ1) is 54.5. The highest BCUT2D eigenvalue weighted by atomic mass is 127. The number of hydrogen-bond acceptors (Lipinski definition) is 11. The number of nitrogens with zero attached hydrogens (tertiary/aromatic N) is 2. The molecule has 3 heterocycles. The van der Waals surface area contributed by atoms with E-state index < -0.39 is 24.4 Å². The topological polar surface area (TPSA) is 119 Å². The molecule has 372 valence electrons. The monoisotopic (exact) mass is 1030 g/mol.